The first kappa shape index (κ1) is 12.4. The van der Waals surface area contributed by atoms with Gasteiger partial charge in [-0.2, -0.15) is 0 Å². The molecule has 0 aromatic heterocycles. The fourth-order valence-corrected chi connectivity index (χ4v) is 3.58. The largest absolute Gasteiger partial charge is 0.0804 e. The second-order valence-electron chi connectivity index (χ2n) is 4.84. The molecular weight excluding hydrogens is 328 g/mol. The number of rotatable bonds is 1. The monoisotopic (exact) mass is 342 g/mol. The summed E-state index contributed by atoms with van der Waals surface area (Å²) >= 11 is 7.66. The lowest BCUT2D eigenvalue weighted by Crippen LogP contribution is -2.40. The SMILES string of the molecule is CC1(Br)C=CC=CC1C1C=CC=CC1(C)Br. The summed E-state index contributed by atoms with van der Waals surface area (Å²) in [4.78, 5) is 0. The Labute approximate surface area is 114 Å². The van der Waals surface area contributed by atoms with Crippen molar-refractivity contribution in [1.82, 2.24) is 0 Å². The van der Waals surface area contributed by atoms with Crippen LogP contribution in [0.15, 0.2) is 48.6 Å². The molecule has 2 rings (SSSR count). The third kappa shape index (κ3) is 2.28. The van der Waals surface area contributed by atoms with E-state index in [9.17, 15) is 0 Å². The summed E-state index contributed by atoms with van der Waals surface area (Å²) in [5.74, 6) is 0.922. The van der Waals surface area contributed by atoms with Crippen molar-refractivity contribution in [2.75, 3.05) is 0 Å². The van der Waals surface area contributed by atoms with Gasteiger partial charge < -0.3 is 0 Å². The third-order valence-electron chi connectivity index (χ3n) is 3.39. The van der Waals surface area contributed by atoms with Crippen molar-refractivity contribution >= 4 is 31.9 Å². The average molecular weight is 344 g/mol. The summed E-state index contributed by atoms with van der Waals surface area (Å²) in [6, 6.07) is 0. The Morgan fingerprint density at radius 3 is 1.44 bits per heavy atom. The number of allylic oxidation sites excluding steroid dienone is 8. The van der Waals surface area contributed by atoms with Crippen LogP contribution in [0.4, 0.5) is 0 Å². The van der Waals surface area contributed by atoms with E-state index in [1.165, 1.54) is 0 Å². The van der Waals surface area contributed by atoms with Crippen molar-refractivity contribution < 1.29 is 0 Å². The number of alkyl halides is 2. The predicted molar refractivity (Wildman–Crippen MR) is 78.2 cm³/mol. The van der Waals surface area contributed by atoms with Crippen molar-refractivity contribution in [1.29, 1.82) is 0 Å². The molecule has 2 aliphatic carbocycles. The van der Waals surface area contributed by atoms with Crippen molar-refractivity contribution in [3.63, 3.8) is 0 Å². The highest BCUT2D eigenvalue weighted by Gasteiger charge is 2.41. The fraction of sp³-hybridized carbons (Fsp3) is 0.429. The van der Waals surface area contributed by atoms with Crippen molar-refractivity contribution in [2.45, 2.75) is 22.5 Å². The molecule has 0 nitrogen and oxygen atoms in total. The van der Waals surface area contributed by atoms with Gasteiger partial charge in [0.15, 0.2) is 0 Å². The highest BCUT2D eigenvalue weighted by Crippen LogP contribution is 2.46. The first-order valence-electron chi connectivity index (χ1n) is 5.53. The molecule has 0 aromatic carbocycles. The lowest BCUT2D eigenvalue weighted by Gasteiger charge is -2.41. The van der Waals surface area contributed by atoms with Crippen molar-refractivity contribution in [2.24, 2.45) is 11.8 Å². The van der Waals surface area contributed by atoms with Crippen LogP contribution < -0.4 is 0 Å². The Hall–Kier alpha value is -0.0800. The first-order valence-corrected chi connectivity index (χ1v) is 7.12. The lowest BCUT2D eigenvalue weighted by atomic mass is 9.72. The van der Waals surface area contributed by atoms with E-state index in [1.807, 2.05) is 0 Å². The van der Waals surface area contributed by atoms with Gasteiger partial charge in [0, 0.05) is 20.5 Å². The molecule has 4 atom stereocenters. The molecule has 2 heteroatoms. The zero-order valence-corrected chi connectivity index (χ0v) is 12.7. The molecular formula is C14H16Br2. The van der Waals surface area contributed by atoms with E-state index < -0.39 is 0 Å². The standard InChI is InChI=1S/C14H16Br2/c1-13(15)9-5-3-7-11(13)12-8-4-6-10-14(12,2)16/h3-12H,1-2H3. The van der Waals surface area contributed by atoms with Gasteiger partial charge in [-0.25, -0.2) is 0 Å². The minimum Gasteiger partial charge on any atom is -0.0804 e. The number of hydrogen-bond donors (Lipinski definition) is 0. The summed E-state index contributed by atoms with van der Waals surface area (Å²) < 4.78 is 0.0773. The second kappa shape index (κ2) is 4.30. The van der Waals surface area contributed by atoms with E-state index in [0.29, 0.717) is 11.8 Å². The van der Waals surface area contributed by atoms with Gasteiger partial charge in [0.25, 0.3) is 0 Å². The minimum atomic E-state index is 0.0387. The smallest absolute Gasteiger partial charge is 0.0480 e. The van der Waals surface area contributed by atoms with Gasteiger partial charge >= 0.3 is 0 Å². The van der Waals surface area contributed by atoms with Crippen LogP contribution in [0.2, 0.25) is 0 Å². The summed E-state index contributed by atoms with van der Waals surface area (Å²) in [5.41, 5.74) is 0. The minimum absolute atomic E-state index is 0.0387. The van der Waals surface area contributed by atoms with E-state index in [4.69, 9.17) is 0 Å². The maximum Gasteiger partial charge on any atom is 0.0480 e. The van der Waals surface area contributed by atoms with Crippen LogP contribution in [0.25, 0.3) is 0 Å². The Morgan fingerprint density at radius 2 is 1.12 bits per heavy atom. The average Bonchev–Trinajstić information content (AvgIpc) is 2.18. The Balaban J connectivity index is 2.32. The van der Waals surface area contributed by atoms with Crippen molar-refractivity contribution in [3.05, 3.63) is 48.6 Å². The summed E-state index contributed by atoms with van der Waals surface area (Å²) in [6.07, 6.45) is 17.6. The molecule has 0 fully saturated rings. The normalized spacial score (nSPS) is 46.2. The van der Waals surface area contributed by atoms with Crippen molar-refractivity contribution in [3.8, 4) is 0 Å². The fourth-order valence-electron chi connectivity index (χ4n) is 2.40. The second-order valence-corrected chi connectivity index (χ2v) is 8.26. The maximum atomic E-state index is 3.83. The highest BCUT2D eigenvalue weighted by molar-refractivity contribution is 9.10. The van der Waals surface area contributed by atoms with Crippen LogP contribution >= 0.6 is 31.9 Å². The van der Waals surface area contributed by atoms with Crippen LogP contribution in [-0.4, -0.2) is 8.65 Å². The predicted octanol–water partition coefficient (Wildman–Crippen LogP) is 4.78. The van der Waals surface area contributed by atoms with Gasteiger partial charge in [-0.1, -0.05) is 80.5 Å². The van der Waals surface area contributed by atoms with Crippen LogP contribution in [0, 0.1) is 11.8 Å². The molecule has 0 amide bonds. The van der Waals surface area contributed by atoms with Gasteiger partial charge in [-0.3, -0.25) is 0 Å². The number of halogens is 2. The Morgan fingerprint density at radius 1 is 0.750 bits per heavy atom. The molecule has 0 spiro atoms. The summed E-state index contributed by atoms with van der Waals surface area (Å²) in [7, 11) is 0. The Kier molecular flexibility index (Phi) is 3.33. The molecule has 0 aliphatic heterocycles. The Bertz CT molecular complexity index is 346. The molecule has 16 heavy (non-hydrogen) atoms. The molecule has 0 heterocycles. The van der Waals surface area contributed by atoms with Gasteiger partial charge in [0.1, 0.15) is 0 Å². The molecule has 4 unspecified atom stereocenters. The molecule has 0 aromatic rings. The quantitative estimate of drug-likeness (QED) is 0.601. The van der Waals surface area contributed by atoms with Gasteiger partial charge in [-0.15, -0.1) is 0 Å². The van der Waals surface area contributed by atoms with Crippen LogP contribution in [0.1, 0.15) is 13.8 Å². The van der Waals surface area contributed by atoms with Gasteiger partial charge in [0.2, 0.25) is 0 Å². The van der Waals surface area contributed by atoms with Gasteiger partial charge in [0.05, 0.1) is 0 Å². The summed E-state index contributed by atoms with van der Waals surface area (Å²) in [6.45, 7) is 4.46. The molecule has 86 valence electrons. The van der Waals surface area contributed by atoms with Crippen LogP contribution in [0.3, 0.4) is 0 Å². The zero-order valence-electron chi connectivity index (χ0n) is 9.53. The van der Waals surface area contributed by atoms with E-state index >= 15 is 0 Å². The van der Waals surface area contributed by atoms with Crippen LogP contribution in [-0.2, 0) is 0 Å². The van der Waals surface area contributed by atoms with E-state index in [-0.39, 0.29) is 8.65 Å². The highest BCUT2D eigenvalue weighted by atomic mass is 79.9. The third-order valence-corrected chi connectivity index (χ3v) is 4.98. The van der Waals surface area contributed by atoms with E-state index in [1.54, 1.807) is 0 Å². The van der Waals surface area contributed by atoms with E-state index in [0.717, 1.165) is 0 Å². The zero-order chi connectivity index (χ0) is 11.8. The maximum absolute atomic E-state index is 3.83. The van der Waals surface area contributed by atoms with E-state index in [2.05, 4.69) is 94.3 Å². The van der Waals surface area contributed by atoms with Gasteiger partial charge in [-0.05, 0) is 13.8 Å². The lowest BCUT2D eigenvalue weighted by molar-refractivity contribution is 0.383. The molecule has 0 radical (unpaired) electrons. The van der Waals surface area contributed by atoms with Crippen LogP contribution in [0.5, 0.6) is 0 Å². The molecule has 0 bridgehead atoms. The summed E-state index contributed by atoms with van der Waals surface area (Å²) in [5, 5.41) is 0. The first-order chi connectivity index (χ1) is 7.43. The molecule has 2 aliphatic rings. The molecule has 0 saturated heterocycles. The number of hydrogen-bond acceptors (Lipinski definition) is 0. The topological polar surface area (TPSA) is 0 Å². The molecule has 0 N–H and O–H groups in total. The molecule has 0 saturated carbocycles.